The minimum Gasteiger partial charge on any atom is -0.405 e. The molecule has 100 valence electrons. The van der Waals surface area contributed by atoms with E-state index < -0.39 is 6.36 Å². The van der Waals surface area contributed by atoms with Crippen LogP contribution >= 0.6 is 11.6 Å². The summed E-state index contributed by atoms with van der Waals surface area (Å²) in [6.07, 6.45) is -4.76. The van der Waals surface area contributed by atoms with E-state index in [0.29, 0.717) is 16.3 Å². The highest BCUT2D eigenvalue weighted by atomic mass is 35.5. The normalized spacial score (nSPS) is 11.4. The molecule has 6 heteroatoms. The summed E-state index contributed by atoms with van der Waals surface area (Å²) < 4.78 is 41.0. The number of hydrogen-bond acceptors (Lipinski definition) is 2. The number of rotatable bonds is 2. The summed E-state index contributed by atoms with van der Waals surface area (Å²) in [5.74, 6) is -0.317. The maximum Gasteiger partial charge on any atom is 0.573 e. The van der Waals surface area contributed by atoms with Crippen LogP contribution in [0.2, 0.25) is 5.02 Å². The summed E-state index contributed by atoms with van der Waals surface area (Å²) in [4.78, 5) is 0. The van der Waals surface area contributed by atoms with Crippen molar-refractivity contribution in [3.63, 3.8) is 0 Å². The van der Waals surface area contributed by atoms with Crippen molar-refractivity contribution in [1.29, 1.82) is 0 Å². The maximum absolute atomic E-state index is 12.3. The molecule has 2 nitrogen and oxygen atoms in total. The number of nitrogens with two attached hydrogens (primary N) is 1. The molecule has 0 aliphatic heterocycles. The molecule has 2 rings (SSSR count). The van der Waals surface area contributed by atoms with E-state index in [4.69, 9.17) is 17.3 Å². The molecule has 0 radical (unpaired) electrons. The van der Waals surface area contributed by atoms with Gasteiger partial charge in [0.15, 0.2) is 0 Å². The molecular weight excluding hydrogens is 279 g/mol. The molecule has 0 heterocycles. The quantitative estimate of drug-likeness (QED) is 0.826. The van der Waals surface area contributed by atoms with Crippen LogP contribution in [0, 0.1) is 0 Å². The van der Waals surface area contributed by atoms with E-state index in [0.717, 1.165) is 0 Å². The second kappa shape index (κ2) is 5.01. The van der Waals surface area contributed by atoms with Gasteiger partial charge in [0, 0.05) is 21.8 Å². The Labute approximate surface area is 112 Å². The van der Waals surface area contributed by atoms with Crippen LogP contribution in [0.3, 0.4) is 0 Å². The fraction of sp³-hybridized carbons (Fsp3) is 0.0769. The van der Waals surface area contributed by atoms with E-state index in [2.05, 4.69) is 4.74 Å². The average Bonchev–Trinajstić information content (AvgIpc) is 2.31. The van der Waals surface area contributed by atoms with Gasteiger partial charge in [0.1, 0.15) is 5.75 Å². The number of halogens is 4. The van der Waals surface area contributed by atoms with Gasteiger partial charge >= 0.3 is 6.36 Å². The first-order valence-corrected chi connectivity index (χ1v) is 5.65. The topological polar surface area (TPSA) is 35.2 Å². The van der Waals surface area contributed by atoms with E-state index in [-0.39, 0.29) is 11.3 Å². The fourth-order valence-electron chi connectivity index (χ4n) is 1.65. The van der Waals surface area contributed by atoms with E-state index in [1.165, 1.54) is 30.3 Å². The molecule has 0 aliphatic rings. The predicted octanol–water partition coefficient (Wildman–Crippen LogP) is 4.49. The van der Waals surface area contributed by atoms with Crippen LogP contribution in [0.5, 0.6) is 5.75 Å². The SMILES string of the molecule is Nc1ccc(Cl)c(-c2ccccc2OC(F)(F)F)c1. The highest BCUT2D eigenvalue weighted by molar-refractivity contribution is 6.33. The Kier molecular flexibility index (Phi) is 3.57. The average molecular weight is 288 g/mol. The Morgan fingerprint density at radius 2 is 1.68 bits per heavy atom. The van der Waals surface area contributed by atoms with Gasteiger partial charge in [-0.15, -0.1) is 13.2 Å². The number of alkyl halides is 3. The molecule has 0 saturated carbocycles. The van der Waals surface area contributed by atoms with Crippen LogP contribution in [0.15, 0.2) is 42.5 Å². The zero-order valence-corrected chi connectivity index (χ0v) is 10.3. The Hall–Kier alpha value is -1.88. The lowest BCUT2D eigenvalue weighted by Gasteiger charge is -2.14. The van der Waals surface area contributed by atoms with Gasteiger partial charge in [-0.1, -0.05) is 29.8 Å². The van der Waals surface area contributed by atoms with Gasteiger partial charge in [-0.25, -0.2) is 0 Å². The van der Waals surface area contributed by atoms with Crippen molar-refractivity contribution < 1.29 is 17.9 Å². The van der Waals surface area contributed by atoms with Crippen LogP contribution < -0.4 is 10.5 Å². The second-order valence-corrected chi connectivity index (χ2v) is 4.19. The Morgan fingerprint density at radius 3 is 2.37 bits per heavy atom. The van der Waals surface area contributed by atoms with Crippen LogP contribution in [-0.4, -0.2) is 6.36 Å². The van der Waals surface area contributed by atoms with Crippen LogP contribution in [0.1, 0.15) is 0 Å². The third-order valence-corrected chi connectivity index (χ3v) is 2.72. The predicted molar refractivity (Wildman–Crippen MR) is 68.0 cm³/mol. The number of nitrogen functional groups attached to an aromatic ring is 1. The number of hydrogen-bond donors (Lipinski definition) is 1. The maximum atomic E-state index is 12.3. The first-order chi connectivity index (χ1) is 8.87. The van der Waals surface area contributed by atoms with Gasteiger partial charge in [0.2, 0.25) is 0 Å². The fourth-order valence-corrected chi connectivity index (χ4v) is 1.87. The van der Waals surface area contributed by atoms with Crippen molar-refractivity contribution in [1.82, 2.24) is 0 Å². The van der Waals surface area contributed by atoms with Gasteiger partial charge in [-0.3, -0.25) is 0 Å². The Bertz CT molecular complexity index is 599. The zero-order chi connectivity index (χ0) is 14.0. The third-order valence-electron chi connectivity index (χ3n) is 2.39. The van der Waals surface area contributed by atoms with E-state index in [9.17, 15) is 13.2 Å². The minimum absolute atomic E-state index is 0.233. The molecule has 19 heavy (non-hydrogen) atoms. The van der Waals surface area contributed by atoms with E-state index >= 15 is 0 Å². The summed E-state index contributed by atoms with van der Waals surface area (Å²) >= 11 is 5.98. The molecule has 0 unspecified atom stereocenters. The summed E-state index contributed by atoms with van der Waals surface area (Å²) in [6, 6.07) is 10.4. The Morgan fingerprint density at radius 1 is 1.00 bits per heavy atom. The molecule has 0 fully saturated rings. The lowest BCUT2D eigenvalue weighted by atomic mass is 10.0. The number of benzene rings is 2. The number of ether oxygens (including phenoxy) is 1. The first-order valence-electron chi connectivity index (χ1n) is 5.27. The molecule has 0 spiro atoms. The molecule has 0 bridgehead atoms. The smallest absolute Gasteiger partial charge is 0.405 e. The van der Waals surface area contributed by atoms with E-state index in [1.807, 2.05) is 0 Å². The second-order valence-electron chi connectivity index (χ2n) is 3.78. The van der Waals surface area contributed by atoms with Crippen molar-refractivity contribution in [3.8, 4) is 16.9 Å². The lowest BCUT2D eigenvalue weighted by molar-refractivity contribution is -0.274. The molecule has 0 atom stereocenters. The van der Waals surface area contributed by atoms with Crippen molar-refractivity contribution in [2.75, 3.05) is 5.73 Å². The highest BCUT2D eigenvalue weighted by Crippen LogP contribution is 2.37. The summed E-state index contributed by atoms with van der Waals surface area (Å²) in [7, 11) is 0. The standard InChI is InChI=1S/C13H9ClF3NO/c14-11-6-5-8(18)7-10(11)9-3-1-2-4-12(9)19-13(15,16)17/h1-7H,18H2. The number of para-hydroxylation sites is 1. The van der Waals surface area contributed by atoms with Crippen molar-refractivity contribution in [2.45, 2.75) is 6.36 Å². The molecular formula is C13H9ClF3NO. The molecule has 0 aliphatic carbocycles. The monoisotopic (exact) mass is 287 g/mol. The van der Waals surface area contributed by atoms with Gasteiger partial charge in [-0.2, -0.15) is 0 Å². The number of anilines is 1. The zero-order valence-electron chi connectivity index (χ0n) is 9.54. The van der Waals surface area contributed by atoms with Gasteiger partial charge in [0.05, 0.1) is 0 Å². The summed E-state index contributed by atoms with van der Waals surface area (Å²) in [5, 5.41) is 0.299. The molecule has 2 aromatic carbocycles. The largest absolute Gasteiger partial charge is 0.573 e. The molecule has 0 saturated heterocycles. The van der Waals surface area contributed by atoms with Crippen LogP contribution in [0.25, 0.3) is 11.1 Å². The molecule has 0 aromatic heterocycles. The van der Waals surface area contributed by atoms with Crippen LogP contribution in [-0.2, 0) is 0 Å². The van der Waals surface area contributed by atoms with Gasteiger partial charge in [-0.05, 0) is 24.3 Å². The summed E-state index contributed by atoms with van der Waals surface area (Å²) in [6.45, 7) is 0. The lowest BCUT2D eigenvalue weighted by Crippen LogP contribution is -2.17. The molecule has 0 amide bonds. The van der Waals surface area contributed by atoms with Crippen LogP contribution in [0.4, 0.5) is 18.9 Å². The van der Waals surface area contributed by atoms with E-state index in [1.54, 1.807) is 12.1 Å². The van der Waals surface area contributed by atoms with Crippen molar-refractivity contribution >= 4 is 17.3 Å². The van der Waals surface area contributed by atoms with Crippen molar-refractivity contribution in [3.05, 3.63) is 47.5 Å². The first kappa shape index (κ1) is 13.5. The van der Waals surface area contributed by atoms with Gasteiger partial charge in [0.25, 0.3) is 0 Å². The third kappa shape index (κ3) is 3.32. The van der Waals surface area contributed by atoms with Gasteiger partial charge < -0.3 is 10.5 Å². The van der Waals surface area contributed by atoms with Crippen molar-refractivity contribution in [2.24, 2.45) is 0 Å². The molecule has 2 aromatic rings. The summed E-state index contributed by atoms with van der Waals surface area (Å²) in [5.41, 5.74) is 6.65. The Balaban J connectivity index is 2.53. The minimum atomic E-state index is -4.76. The highest BCUT2D eigenvalue weighted by Gasteiger charge is 2.32. The molecule has 2 N–H and O–H groups in total.